The van der Waals surface area contributed by atoms with Gasteiger partial charge in [-0.1, -0.05) is 19.1 Å². The Bertz CT molecular complexity index is 1010. The lowest BCUT2D eigenvalue weighted by Gasteiger charge is -2.03. The van der Waals surface area contributed by atoms with Gasteiger partial charge in [0, 0.05) is 60.8 Å². The van der Waals surface area contributed by atoms with E-state index >= 15 is 0 Å². The van der Waals surface area contributed by atoms with Crippen LogP contribution in [0.3, 0.4) is 0 Å². The molecule has 0 aliphatic carbocycles. The second-order valence-electron chi connectivity index (χ2n) is 5.82. The van der Waals surface area contributed by atoms with E-state index in [2.05, 4.69) is 69.6 Å². The summed E-state index contributed by atoms with van der Waals surface area (Å²) < 4.78 is 2.25. The van der Waals surface area contributed by atoms with Gasteiger partial charge in [0.15, 0.2) is 12.7 Å². The number of nitrogens with one attached hydrogen (secondary N) is 1. The Balaban J connectivity index is 0.000000596. The van der Waals surface area contributed by atoms with Crippen molar-refractivity contribution in [3.63, 3.8) is 0 Å². The maximum absolute atomic E-state index is 5.39. The van der Waals surface area contributed by atoms with Crippen LogP contribution in [-0.2, 0) is 6.54 Å². The number of terminal acetylenes is 2. The molecule has 0 aliphatic heterocycles. The molecule has 2 heteroatoms. The lowest BCUT2D eigenvalue weighted by Crippen LogP contribution is -2.38. The number of aromatic nitrogens is 2. The van der Waals surface area contributed by atoms with Gasteiger partial charge in [0.2, 0.25) is 5.52 Å². The summed E-state index contributed by atoms with van der Waals surface area (Å²) in [6.45, 7) is 2.81. The van der Waals surface area contributed by atoms with Gasteiger partial charge in [-0.25, -0.2) is 4.98 Å². The number of hydrogen-bond acceptors (Lipinski definition) is 0. The molecule has 0 unspecified atom stereocenters. The van der Waals surface area contributed by atoms with Gasteiger partial charge in [0.05, 0.1) is 0 Å². The fourth-order valence-corrected chi connectivity index (χ4v) is 2.55. The third kappa shape index (κ3) is 6.04. The fourth-order valence-electron chi connectivity index (χ4n) is 2.55. The maximum atomic E-state index is 5.39. The molecule has 0 radical (unpaired) electrons. The highest BCUT2D eigenvalue weighted by Crippen LogP contribution is 2.10. The molecule has 0 amide bonds. The molecule has 0 aliphatic rings. The monoisotopic (exact) mass is 352 g/mol. The van der Waals surface area contributed by atoms with Gasteiger partial charge >= 0.3 is 0 Å². The van der Waals surface area contributed by atoms with Crippen molar-refractivity contribution >= 4 is 10.9 Å². The predicted molar refractivity (Wildman–Crippen MR) is 110 cm³/mol. The molecule has 3 rings (SSSR count). The normalized spacial score (nSPS) is 9.15. The first-order valence-corrected chi connectivity index (χ1v) is 9.07. The first kappa shape index (κ1) is 19.8. The molecule has 1 aromatic carbocycles. The van der Waals surface area contributed by atoms with Crippen molar-refractivity contribution in [2.45, 2.75) is 32.7 Å². The highest BCUT2D eigenvalue weighted by atomic mass is 15.0. The lowest BCUT2D eigenvalue weighted by atomic mass is 10.1. The SMILES string of the molecule is C#CCC.C#CCCC[n+]1c(C#Cc2cccc[nH+]2)ccc2ccccc21. The van der Waals surface area contributed by atoms with E-state index in [1.165, 1.54) is 10.9 Å². The second kappa shape index (κ2) is 11.1. The Hall–Kier alpha value is -3.54. The molecule has 0 bridgehead atoms. The molecular formula is C25H24N2+2. The van der Waals surface area contributed by atoms with Crippen LogP contribution in [0.1, 0.15) is 37.6 Å². The minimum absolute atomic E-state index is 0.773. The third-order valence-electron chi connectivity index (χ3n) is 3.88. The van der Waals surface area contributed by atoms with Crippen LogP contribution in [0.25, 0.3) is 10.9 Å². The maximum Gasteiger partial charge on any atom is 0.257 e. The van der Waals surface area contributed by atoms with Gasteiger partial charge in [0.1, 0.15) is 0 Å². The van der Waals surface area contributed by atoms with Crippen molar-refractivity contribution in [3.05, 3.63) is 72.2 Å². The van der Waals surface area contributed by atoms with E-state index in [4.69, 9.17) is 12.8 Å². The smallest absolute Gasteiger partial charge is 0.204 e. The number of unbranched alkanes of at least 4 members (excludes halogenated alkanes) is 1. The molecule has 0 atom stereocenters. The van der Waals surface area contributed by atoms with Crippen molar-refractivity contribution in [2.75, 3.05) is 0 Å². The number of benzene rings is 1. The van der Waals surface area contributed by atoms with Crippen LogP contribution in [0.15, 0.2) is 60.8 Å². The third-order valence-corrected chi connectivity index (χ3v) is 3.88. The first-order valence-electron chi connectivity index (χ1n) is 9.07. The number of pyridine rings is 2. The highest BCUT2D eigenvalue weighted by molar-refractivity contribution is 5.75. The molecule has 0 saturated carbocycles. The Morgan fingerprint density at radius 1 is 0.926 bits per heavy atom. The van der Waals surface area contributed by atoms with E-state index in [1.54, 1.807) is 0 Å². The van der Waals surface area contributed by atoms with Gasteiger partial charge in [-0.3, -0.25) is 0 Å². The number of para-hydroxylation sites is 1. The van der Waals surface area contributed by atoms with E-state index in [0.29, 0.717) is 0 Å². The number of nitrogens with zero attached hydrogens (tertiary/aromatic N) is 1. The zero-order valence-corrected chi connectivity index (χ0v) is 15.7. The van der Waals surface area contributed by atoms with Crippen LogP contribution >= 0.6 is 0 Å². The zero-order valence-electron chi connectivity index (χ0n) is 15.7. The predicted octanol–water partition coefficient (Wildman–Crippen LogP) is 3.78. The molecule has 0 saturated heterocycles. The van der Waals surface area contributed by atoms with Gasteiger partial charge in [-0.2, -0.15) is 4.57 Å². The Labute approximate surface area is 162 Å². The molecule has 0 fully saturated rings. The molecule has 2 aromatic heterocycles. The average Bonchev–Trinajstić information content (AvgIpc) is 2.74. The number of H-pyrrole nitrogens is 1. The molecule has 2 nitrogen and oxygen atoms in total. The van der Waals surface area contributed by atoms with E-state index in [-0.39, 0.29) is 0 Å². The number of aromatic amines is 1. The molecule has 27 heavy (non-hydrogen) atoms. The van der Waals surface area contributed by atoms with Gasteiger partial charge in [0.25, 0.3) is 11.4 Å². The summed E-state index contributed by atoms with van der Waals surface area (Å²) in [7, 11) is 0. The summed E-state index contributed by atoms with van der Waals surface area (Å²) in [4.78, 5) is 3.14. The van der Waals surface area contributed by atoms with Gasteiger partial charge in [-0.05, 0) is 18.2 Å². The van der Waals surface area contributed by atoms with Crippen molar-refractivity contribution in [1.82, 2.24) is 0 Å². The van der Waals surface area contributed by atoms with E-state index in [0.717, 1.165) is 37.2 Å². The first-order chi connectivity index (χ1) is 13.3. The van der Waals surface area contributed by atoms with Crippen LogP contribution in [-0.4, -0.2) is 0 Å². The molecular weight excluding hydrogens is 328 g/mol. The lowest BCUT2D eigenvalue weighted by molar-refractivity contribution is -0.674. The number of rotatable bonds is 3. The molecule has 3 aromatic rings. The van der Waals surface area contributed by atoms with Crippen LogP contribution in [0.4, 0.5) is 0 Å². The van der Waals surface area contributed by atoms with E-state index < -0.39 is 0 Å². The quantitative estimate of drug-likeness (QED) is 0.388. The van der Waals surface area contributed by atoms with Crippen LogP contribution in [0, 0.1) is 36.5 Å². The van der Waals surface area contributed by atoms with Crippen LogP contribution in [0.5, 0.6) is 0 Å². The molecule has 132 valence electrons. The molecule has 2 heterocycles. The van der Waals surface area contributed by atoms with E-state index in [9.17, 15) is 0 Å². The minimum atomic E-state index is 0.773. The molecule has 1 N–H and O–H groups in total. The Kier molecular flexibility index (Phi) is 8.17. The van der Waals surface area contributed by atoms with Crippen molar-refractivity contribution in [2.24, 2.45) is 0 Å². The van der Waals surface area contributed by atoms with Crippen LogP contribution < -0.4 is 9.55 Å². The van der Waals surface area contributed by atoms with Gasteiger partial charge < -0.3 is 0 Å². The summed E-state index contributed by atoms with van der Waals surface area (Å²) in [5.41, 5.74) is 3.09. The number of aryl methyl sites for hydroxylation is 1. The summed E-state index contributed by atoms with van der Waals surface area (Å²) in [6.07, 6.45) is 14.6. The van der Waals surface area contributed by atoms with E-state index in [1.807, 2.05) is 31.3 Å². The van der Waals surface area contributed by atoms with Crippen molar-refractivity contribution in [3.8, 4) is 36.5 Å². The Morgan fingerprint density at radius 3 is 2.41 bits per heavy atom. The summed E-state index contributed by atoms with van der Waals surface area (Å²) in [6, 6.07) is 18.4. The highest BCUT2D eigenvalue weighted by Gasteiger charge is 2.13. The fraction of sp³-hybridized carbons (Fsp3) is 0.200. The second-order valence-corrected chi connectivity index (χ2v) is 5.82. The van der Waals surface area contributed by atoms with Crippen molar-refractivity contribution < 1.29 is 9.55 Å². The largest absolute Gasteiger partial charge is 0.257 e. The standard InChI is InChI=1S/C21H17N2.C4H6/c1-2-3-8-17-23-20(15-13-19-10-6-7-16-22-19)14-12-18-9-4-5-11-21(18)23;1-3-4-2/h1,4-7,9-12,14,16H,3,8,17H2;1H,4H2,2H3/q+1;/p+1. The average molecular weight is 352 g/mol. The minimum Gasteiger partial charge on any atom is -0.204 e. The number of fused-ring (bicyclic) bond motifs is 1. The summed E-state index contributed by atoms with van der Waals surface area (Å²) >= 11 is 0. The topological polar surface area (TPSA) is 18.0 Å². The molecule has 0 spiro atoms. The number of hydrogen-bond donors (Lipinski definition) is 0. The Morgan fingerprint density at radius 2 is 1.70 bits per heavy atom. The summed E-state index contributed by atoms with van der Waals surface area (Å²) in [5, 5.41) is 1.21. The zero-order chi connectivity index (χ0) is 19.3. The van der Waals surface area contributed by atoms with Gasteiger partial charge in [-0.15, -0.1) is 24.7 Å². The summed E-state index contributed by atoms with van der Waals surface area (Å²) in [5.74, 6) is 11.6. The van der Waals surface area contributed by atoms with Crippen LogP contribution in [0.2, 0.25) is 0 Å². The van der Waals surface area contributed by atoms with Crippen molar-refractivity contribution in [1.29, 1.82) is 0 Å².